The Morgan fingerprint density at radius 3 is 1.40 bits per heavy atom. The molecule has 1 atom stereocenters. The molecule has 0 amide bonds. The fourth-order valence-corrected chi connectivity index (χ4v) is 18.1. The molecular weight excluding hydrogens is 1310 g/mol. The summed E-state index contributed by atoms with van der Waals surface area (Å²) in [4.78, 5) is 15.5. The predicted octanol–water partition coefficient (Wildman–Crippen LogP) is 24.4. The van der Waals surface area contributed by atoms with Crippen molar-refractivity contribution in [3.05, 3.63) is 266 Å². The number of benzene rings is 7. The van der Waals surface area contributed by atoms with Gasteiger partial charge in [-0.25, -0.2) is 17.6 Å². The number of nitrogens with zero attached hydrogens (tertiary/aromatic N) is 4. The number of rotatable bonds is 20. The van der Waals surface area contributed by atoms with Crippen LogP contribution >= 0.6 is 22.7 Å². The van der Waals surface area contributed by atoms with E-state index >= 15 is 0 Å². The number of thiophene rings is 2. The maximum atomic E-state index is 14.9. The van der Waals surface area contributed by atoms with E-state index in [-0.39, 0.29) is 66.5 Å². The molecule has 0 radical (unpaired) electrons. The van der Waals surface area contributed by atoms with Gasteiger partial charge in [0.15, 0.2) is 29.1 Å². The summed E-state index contributed by atoms with van der Waals surface area (Å²) in [5.41, 5.74) is 16.2. The summed E-state index contributed by atoms with van der Waals surface area (Å²) in [6, 6.07) is 52.5. The minimum atomic E-state index is -1.40. The van der Waals surface area contributed by atoms with Gasteiger partial charge in [0.05, 0.1) is 5.41 Å². The van der Waals surface area contributed by atoms with E-state index in [1.54, 1.807) is 12.2 Å². The van der Waals surface area contributed by atoms with Gasteiger partial charge in [0.2, 0.25) is 0 Å². The number of allylic oxidation sites excluding steroid dienone is 4. The van der Waals surface area contributed by atoms with E-state index in [0.29, 0.717) is 4.88 Å². The van der Waals surface area contributed by atoms with Crippen molar-refractivity contribution in [2.24, 2.45) is 0 Å². The highest BCUT2D eigenvalue weighted by molar-refractivity contribution is 7.11. The number of aliphatic hydroxyl groups excluding tert-OH is 1. The minimum Gasteiger partial charge on any atom is -0.384 e. The first kappa shape index (κ1) is 70.6. The molecule has 0 bridgehead atoms. The van der Waals surface area contributed by atoms with E-state index in [1.807, 2.05) is 41.8 Å². The lowest BCUT2D eigenvalue weighted by Gasteiger charge is -2.36. The van der Waals surface area contributed by atoms with Gasteiger partial charge in [-0.15, -0.1) is 22.7 Å². The summed E-state index contributed by atoms with van der Waals surface area (Å²) in [5.74, 6) is -5.26. The summed E-state index contributed by atoms with van der Waals surface area (Å²) in [5, 5.41) is 56.4. The fourth-order valence-electron chi connectivity index (χ4n) is 16.3. The molecule has 12 heteroatoms. The molecule has 13 rings (SSSR count). The Labute approximate surface area is 604 Å². The second kappa shape index (κ2) is 28.2. The molecular formula is C90H80F4N4O2S2. The third-order valence-electron chi connectivity index (χ3n) is 21.7. The van der Waals surface area contributed by atoms with Crippen molar-refractivity contribution < 1.29 is 27.5 Å². The Hall–Kier alpha value is -9.79. The Morgan fingerprint density at radius 2 is 0.882 bits per heavy atom. The third-order valence-corrected chi connectivity index (χ3v) is 23.4. The number of carbonyl (C=O) groups excluding carboxylic acids is 1. The van der Waals surface area contributed by atoms with Crippen LogP contribution in [0.15, 0.2) is 167 Å². The summed E-state index contributed by atoms with van der Waals surface area (Å²) >= 11 is 2.84. The van der Waals surface area contributed by atoms with Gasteiger partial charge in [0.25, 0.3) is 0 Å². The molecule has 1 unspecified atom stereocenters. The number of nitriles is 4. The van der Waals surface area contributed by atoms with Crippen molar-refractivity contribution in [2.45, 2.75) is 173 Å². The van der Waals surface area contributed by atoms with Crippen LogP contribution in [0.25, 0.3) is 67.8 Å². The van der Waals surface area contributed by atoms with Gasteiger partial charge in [-0.2, -0.15) is 21.0 Å². The van der Waals surface area contributed by atoms with Crippen molar-refractivity contribution in [1.82, 2.24) is 0 Å². The molecule has 102 heavy (non-hydrogen) atoms. The van der Waals surface area contributed by atoms with Crippen LogP contribution in [-0.2, 0) is 21.7 Å². The molecule has 4 aliphatic rings. The number of aliphatic hydroxyl groups is 1. The zero-order valence-electron chi connectivity index (χ0n) is 59.0. The van der Waals surface area contributed by atoms with Gasteiger partial charge in [-0.1, -0.05) is 205 Å². The first-order chi connectivity index (χ1) is 49.0. The molecule has 7 aromatic carbocycles. The lowest BCUT2D eigenvalue weighted by atomic mass is 9.66. The maximum Gasteiger partial charge on any atom is 0.194 e. The lowest BCUT2D eigenvalue weighted by Crippen LogP contribution is -2.29. The topological polar surface area (TPSA) is 132 Å². The molecule has 4 aliphatic carbocycles. The largest absolute Gasteiger partial charge is 0.384 e. The van der Waals surface area contributed by atoms with Crippen LogP contribution < -0.4 is 0 Å². The quantitative estimate of drug-likeness (QED) is 0.0350. The highest BCUT2D eigenvalue weighted by atomic mass is 32.1. The van der Waals surface area contributed by atoms with Gasteiger partial charge in [-0.05, 0) is 219 Å². The van der Waals surface area contributed by atoms with Crippen molar-refractivity contribution in [2.75, 3.05) is 0 Å². The molecule has 0 saturated heterocycles. The molecule has 0 spiro atoms. The smallest absolute Gasteiger partial charge is 0.194 e. The number of fused-ring (bicyclic) bond motifs is 8. The minimum absolute atomic E-state index is 0.00410. The number of hydrogen-bond donors (Lipinski definition) is 1. The van der Waals surface area contributed by atoms with E-state index in [9.17, 15) is 48.5 Å². The highest BCUT2D eigenvalue weighted by Gasteiger charge is 2.51. The van der Waals surface area contributed by atoms with E-state index < -0.39 is 46.0 Å². The molecule has 512 valence electrons. The van der Waals surface area contributed by atoms with Crippen molar-refractivity contribution in [1.29, 1.82) is 21.0 Å². The van der Waals surface area contributed by atoms with Gasteiger partial charge in [0, 0.05) is 37.5 Å². The molecule has 2 aromatic heterocycles. The van der Waals surface area contributed by atoms with Crippen LogP contribution in [0.1, 0.15) is 233 Å². The standard InChI is InChI=1S/C90H80F4N4O2S2/c1-9-11-13-15-17-19-33-89(34-20-18-16-14-12-10-2)75-37-53(55-35-63(101-51-55)39-73-83(57(47-95)48-96)69-43-79(91)81(93)45-71(69)85(73)99)21-31-65(75)67-42-78-68(41-76(67)89)66-32-22-54(56-36-64(102-52-56)40-74-84(58(49-97)50-98)70-44-80(92)82(94)46-72(70)86(74)100)38-77(66)90(78,61-27-23-59(24-28-61)87(3,4)5)62-29-25-60(26-30-62)88(6,7)8/h21-32,35-46,51-52,85,99H,9-20,33-34H2,1-8H3/b73-39-,74-40-. The molecule has 0 fully saturated rings. The molecule has 0 aliphatic heterocycles. The van der Waals surface area contributed by atoms with Gasteiger partial charge < -0.3 is 5.11 Å². The van der Waals surface area contributed by atoms with Crippen LogP contribution in [0, 0.1) is 68.6 Å². The normalized spacial score (nSPS) is 15.9. The summed E-state index contributed by atoms with van der Waals surface area (Å²) < 4.78 is 59.3. The number of Topliss-reactive ketones (excluding diaryl/α,β-unsaturated/α-hetero) is 1. The summed E-state index contributed by atoms with van der Waals surface area (Å²) in [7, 11) is 0. The lowest BCUT2D eigenvalue weighted by molar-refractivity contribution is 0.104. The van der Waals surface area contributed by atoms with Crippen molar-refractivity contribution in [3.63, 3.8) is 0 Å². The van der Waals surface area contributed by atoms with Crippen LogP contribution in [0.5, 0.6) is 0 Å². The average molecular weight is 1390 g/mol. The summed E-state index contributed by atoms with van der Waals surface area (Å²) in [6.07, 6.45) is 17.5. The maximum absolute atomic E-state index is 14.9. The van der Waals surface area contributed by atoms with E-state index in [2.05, 4.69) is 158 Å². The number of ketones is 1. The zero-order chi connectivity index (χ0) is 72.2. The molecule has 2 heterocycles. The fraction of sp³-hybridized carbons (Fsp3) is 0.300. The number of carbonyl (C=O) groups is 1. The molecule has 6 nitrogen and oxygen atoms in total. The van der Waals surface area contributed by atoms with Crippen LogP contribution in [0.2, 0.25) is 0 Å². The van der Waals surface area contributed by atoms with Gasteiger partial charge in [0.1, 0.15) is 41.5 Å². The Morgan fingerprint density at radius 1 is 0.461 bits per heavy atom. The number of hydrogen-bond acceptors (Lipinski definition) is 8. The van der Waals surface area contributed by atoms with Crippen LogP contribution in [0.4, 0.5) is 17.6 Å². The van der Waals surface area contributed by atoms with Gasteiger partial charge >= 0.3 is 0 Å². The van der Waals surface area contributed by atoms with E-state index in [4.69, 9.17) is 0 Å². The zero-order valence-corrected chi connectivity index (χ0v) is 60.6. The second-order valence-electron chi connectivity index (χ2n) is 30.0. The average Bonchev–Trinajstić information content (AvgIpc) is 1.51. The molecule has 0 saturated carbocycles. The van der Waals surface area contributed by atoms with Crippen molar-refractivity contribution >= 4 is 51.8 Å². The first-order valence-electron chi connectivity index (χ1n) is 35.7. The predicted molar refractivity (Wildman–Crippen MR) is 404 cm³/mol. The number of halogens is 4. The van der Waals surface area contributed by atoms with Gasteiger partial charge in [-0.3, -0.25) is 4.79 Å². The Balaban J connectivity index is 1.01. The Bertz CT molecular complexity index is 5080. The molecule has 1 N–H and O–H groups in total. The van der Waals surface area contributed by atoms with E-state index in [0.717, 1.165) is 143 Å². The summed E-state index contributed by atoms with van der Waals surface area (Å²) in [6.45, 7) is 17.9. The second-order valence-corrected chi connectivity index (χ2v) is 31.8. The monoisotopic (exact) mass is 1390 g/mol. The van der Waals surface area contributed by atoms with Crippen LogP contribution in [0.3, 0.4) is 0 Å². The Kier molecular flexibility index (Phi) is 19.5. The van der Waals surface area contributed by atoms with Crippen LogP contribution in [-0.4, -0.2) is 10.9 Å². The van der Waals surface area contributed by atoms with E-state index in [1.165, 1.54) is 87.3 Å². The number of unbranched alkanes of at least 4 members (excludes halogenated alkanes) is 10. The first-order valence-corrected chi connectivity index (χ1v) is 37.4. The SMILES string of the molecule is CCCCCCCCC1(CCCCCCCC)c2cc(-c3csc(/C=C4/C(=C(C#N)C#N)c5cc(F)c(F)cc5C4O)c3)ccc2-c2cc3c(cc21)-c1ccc(-c2csc(/C=C4\C(=O)c5cc(F)c(F)cc5C4=C(C#N)C#N)c2)cc1C3(c1ccc(C(C)(C)C)cc1)c1ccc(C(C)(C)C)cc1. The van der Waals surface area contributed by atoms with Crippen molar-refractivity contribution in [3.8, 4) is 68.8 Å². The highest BCUT2D eigenvalue weighted by Crippen LogP contribution is 2.63. The molecule has 9 aromatic rings. The third kappa shape index (κ3) is 12.4.